The first-order valence-electron chi connectivity index (χ1n) is 10.9. The van der Waals surface area contributed by atoms with E-state index in [2.05, 4.69) is 0 Å². The molecule has 2 heterocycles. The Hall–Kier alpha value is -3.34. The Bertz CT molecular complexity index is 1060. The molecule has 0 N–H and O–H groups in total. The number of rotatable bonds is 4. The second-order valence-electron chi connectivity index (χ2n) is 8.59. The molecule has 33 heavy (non-hydrogen) atoms. The minimum Gasteiger partial charge on any atom is -0.445 e. The maximum Gasteiger partial charge on any atom is 0.416 e. The van der Waals surface area contributed by atoms with Gasteiger partial charge in [0.05, 0.1) is 17.2 Å². The number of hydrogen-bond donors (Lipinski definition) is 0. The van der Waals surface area contributed by atoms with Crippen LogP contribution in [0.25, 0.3) is 0 Å². The lowest BCUT2D eigenvalue weighted by molar-refractivity contribution is -0.137. The zero-order chi connectivity index (χ0) is 23.6. The molecule has 2 aromatic rings. The second-order valence-corrected chi connectivity index (χ2v) is 8.59. The van der Waals surface area contributed by atoms with Crippen LogP contribution in [0.4, 0.5) is 18.0 Å². The van der Waals surface area contributed by atoms with Gasteiger partial charge in [0.15, 0.2) is 5.78 Å². The fraction of sp³-hybridized carbons (Fsp3) is 0.400. The van der Waals surface area contributed by atoms with Crippen LogP contribution >= 0.6 is 0 Å². The molecule has 0 aliphatic carbocycles. The normalized spacial score (nSPS) is 22.4. The molecule has 0 aromatic heterocycles. The molecule has 0 spiro atoms. The van der Waals surface area contributed by atoms with Crippen molar-refractivity contribution in [1.82, 2.24) is 4.90 Å². The summed E-state index contributed by atoms with van der Waals surface area (Å²) < 4.78 is 44.5. The van der Waals surface area contributed by atoms with Gasteiger partial charge in [-0.15, -0.1) is 0 Å². The summed E-state index contributed by atoms with van der Waals surface area (Å²) in [6, 6.07) is 13.4. The number of ketones is 1. The second kappa shape index (κ2) is 9.26. The first-order valence-corrected chi connectivity index (χ1v) is 10.9. The van der Waals surface area contributed by atoms with Crippen LogP contribution in [-0.4, -0.2) is 28.9 Å². The average molecular weight is 456 g/mol. The van der Waals surface area contributed by atoms with Crippen LogP contribution < -0.4 is 0 Å². The van der Waals surface area contributed by atoms with Crippen molar-refractivity contribution in [2.45, 2.75) is 57.0 Å². The number of carbonyl (C=O) groups is 2. The summed E-state index contributed by atoms with van der Waals surface area (Å²) in [4.78, 5) is 27.8. The van der Waals surface area contributed by atoms with Gasteiger partial charge in [-0.3, -0.25) is 4.79 Å². The summed E-state index contributed by atoms with van der Waals surface area (Å²) in [5, 5.41) is 9.35. The number of benzene rings is 2. The predicted octanol–water partition coefficient (Wildman–Crippen LogP) is 5.73. The average Bonchev–Trinajstić information content (AvgIpc) is 2.80. The molecular formula is C25H23F3N2O3. The van der Waals surface area contributed by atoms with Crippen molar-refractivity contribution in [3.8, 4) is 6.07 Å². The molecule has 2 unspecified atom stereocenters. The van der Waals surface area contributed by atoms with E-state index in [9.17, 15) is 28.0 Å². The quantitative estimate of drug-likeness (QED) is 0.551. The standard InChI is InChI=1S/C25H23F3N2O3/c26-25(27,28)19-9-10-22(18(11-19)14-29)23(31)17-12-20-7-4-8-21(13-17)30(20)24(32)33-15-16-5-2-1-3-6-16/h1-3,5-6,9-11,17,20-21H,4,7-8,12-13,15H2. The number of fused-ring (bicyclic) bond motifs is 2. The minimum atomic E-state index is -4.59. The summed E-state index contributed by atoms with van der Waals surface area (Å²) in [6.45, 7) is 0.162. The van der Waals surface area contributed by atoms with Crippen LogP contribution in [0.15, 0.2) is 48.5 Å². The Kier molecular flexibility index (Phi) is 6.41. The molecule has 8 heteroatoms. The van der Waals surface area contributed by atoms with E-state index in [1.54, 1.807) is 11.0 Å². The van der Waals surface area contributed by atoms with Crippen molar-refractivity contribution < 1.29 is 27.5 Å². The van der Waals surface area contributed by atoms with Crippen molar-refractivity contribution in [3.05, 3.63) is 70.8 Å². The predicted molar refractivity (Wildman–Crippen MR) is 113 cm³/mol. The van der Waals surface area contributed by atoms with E-state index in [0.717, 1.165) is 43.0 Å². The Balaban J connectivity index is 1.48. The summed E-state index contributed by atoms with van der Waals surface area (Å²) in [7, 11) is 0. The van der Waals surface area contributed by atoms with E-state index in [1.807, 2.05) is 30.3 Å². The maximum absolute atomic E-state index is 13.2. The monoisotopic (exact) mass is 456 g/mol. The zero-order valence-electron chi connectivity index (χ0n) is 17.8. The number of alkyl halides is 3. The van der Waals surface area contributed by atoms with E-state index < -0.39 is 23.8 Å². The molecule has 2 aliphatic rings. The van der Waals surface area contributed by atoms with Gasteiger partial charge in [-0.25, -0.2) is 4.79 Å². The third-order valence-corrected chi connectivity index (χ3v) is 6.49. The molecule has 5 nitrogen and oxygen atoms in total. The van der Waals surface area contributed by atoms with Gasteiger partial charge < -0.3 is 9.64 Å². The van der Waals surface area contributed by atoms with E-state index in [0.29, 0.717) is 12.8 Å². The van der Waals surface area contributed by atoms with Gasteiger partial charge in [-0.2, -0.15) is 18.4 Å². The summed E-state index contributed by atoms with van der Waals surface area (Å²) in [5.74, 6) is -0.795. The van der Waals surface area contributed by atoms with Gasteiger partial charge in [0.2, 0.25) is 0 Å². The van der Waals surface area contributed by atoms with Gasteiger partial charge in [-0.05, 0) is 55.9 Å². The van der Waals surface area contributed by atoms with Crippen LogP contribution in [0.2, 0.25) is 0 Å². The Morgan fingerprint density at radius 2 is 1.73 bits per heavy atom. The molecule has 2 bridgehead atoms. The molecule has 1 amide bonds. The first-order chi connectivity index (χ1) is 15.8. The maximum atomic E-state index is 13.2. The van der Waals surface area contributed by atoms with Crippen LogP contribution in [-0.2, 0) is 17.5 Å². The van der Waals surface area contributed by atoms with E-state index in [1.165, 1.54) is 0 Å². The van der Waals surface area contributed by atoms with Crippen molar-refractivity contribution in [2.75, 3.05) is 0 Å². The van der Waals surface area contributed by atoms with E-state index in [-0.39, 0.29) is 35.6 Å². The number of amides is 1. The van der Waals surface area contributed by atoms with Gasteiger partial charge in [0, 0.05) is 23.6 Å². The van der Waals surface area contributed by atoms with Crippen molar-refractivity contribution in [3.63, 3.8) is 0 Å². The van der Waals surface area contributed by atoms with Crippen LogP contribution in [0.5, 0.6) is 0 Å². The number of carbonyl (C=O) groups excluding carboxylic acids is 2. The number of piperidine rings is 2. The molecule has 2 atom stereocenters. The molecule has 2 aliphatic heterocycles. The van der Waals surface area contributed by atoms with E-state index >= 15 is 0 Å². The molecule has 0 radical (unpaired) electrons. The highest BCUT2D eigenvalue weighted by Gasteiger charge is 2.44. The van der Waals surface area contributed by atoms with Gasteiger partial charge >= 0.3 is 12.3 Å². The fourth-order valence-electron chi connectivity index (χ4n) is 4.94. The van der Waals surface area contributed by atoms with E-state index in [4.69, 9.17) is 4.74 Å². The highest BCUT2D eigenvalue weighted by Crippen LogP contribution is 2.39. The third kappa shape index (κ3) is 4.87. The fourth-order valence-corrected chi connectivity index (χ4v) is 4.94. The SMILES string of the molecule is N#Cc1cc(C(F)(F)F)ccc1C(=O)C1CC2CCCC(C1)N2C(=O)OCc1ccccc1. The molecule has 2 fully saturated rings. The Morgan fingerprint density at radius 3 is 2.33 bits per heavy atom. The number of Topliss-reactive ketones (excluding diaryl/α,β-unsaturated/α-hetero) is 1. The van der Waals surface area contributed by atoms with Gasteiger partial charge in [0.1, 0.15) is 6.61 Å². The lowest BCUT2D eigenvalue weighted by Crippen LogP contribution is -2.55. The van der Waals surface area contributed by atoms with Crippen molar-refractivity contribution in [1.29, 1.82) is 5.26 Å². The largest absolute Gasteiger partial charge is 0.445 e. The highest BCUT2D eigenvalue weighted by molar-refractivity contribution is 6.00. The molecule has 2 saturated heterocycles. The lowest BCUT2D eigenvalue weighted by Gasteiger charge is -2.47. The summed E-state index contributed by atoms with van der Waals surface area (Å²) in [5.41, 5.74) is -0.339. The minimum absolute atomic E-state index is 0.00803. The van der Waals surface area contributed by atoms with Crippen LogP contribution in [0.3, 0.4) is 0 Å². The smallest absolute Gasteiger partial charge is 0.416 e. The summed E-state index contributed by atoms with van der Waals surface area (Å²) in [6.07, 6.45) is -1.79. The zero-order valence-corrected chi connectivity index (χ0v) is 17.8. The number of ether oxygens (including phenoxy) is 1. The van der Waals surface area contributed by atoms with Gasteiger partial charge in [-0.1, -0.05) is 30.3 Å². The molecule has 0 saturated carbocycles. The number of halogens is 3. The number of nitrogens with zero attached hydrogens (tertiary/aromatic N) is 2. The Labute approximate surface area is 189 Å². The van der Waals surface area contributed by atoms with Crippen molar-refractivity contribution >= 4 is 11.9 Å². The number of nitriles is 1. The number of hydrogen-bond acceptors (Lipinski definition) is 4. The van der Waals surface area contributed by atoms with Crippen LogP contribution in [0.1, 0.15) is 59.2 Å². The summed E-state index contributed by atoms with van der Waals surface area (Å²) >= 11 is 0. The molecule has 172 valence electrons. The highest BCUT2D eigenvalue weighted by atomic mass is 19.4. The first kappa shape index (κ1) is 22.8. The van der Waals surface area contributed by atoms with Crippen LogP contribution in [0, 0.1) is 17.2 Å². The Morgan fingerprint density at radius 1 is 1.06 bits per heavy atom. The molecule has 4 rings (SSSR count). The topological polar surface area (TPSA) is 70.4 Å². The lowest BCUT2D eigenvalue weighted by atomic mass is 9.75. The molecular weight excluding hydrogens is 433 g/mol. The van der Waals surface area contributed by atoms with Crippen molar-refractivity contribution in [2.24, 2.45) is 5.92 Å². The third-order valence-electron chi connectivity index (χ3n) is 6.49. The molecule has 2 aromatic carbocycles. The van der Waals surface area contributed by atoms with Gasteiger partial charge in [0.25, 0.3) is 0 Å².